The van der Waals surface area contributed by atoms with Gasteiger partial charge < -0.3 is 10.0 Å². The lowest BCUT2D eigenvalue weighted by molar-refractivity contribution is -0.137. The zero-order valence-corrected chi connectivity index (χ0v) is 12.0. The van der Waals surface area contributed by atoms with E-state index in [1.54, 1.807) is 13.8 Å². The predicted molar refractivity (Wildman–Crippen MR) is 71.8 cm³/mol. The monoisotopic (exact) mass is 305 g/mol. The molecule has 0 aliphatic carbocycles. The van der Waals surface area contributed by atoms with Crippen molar-refractivity contribution in [3.63, 3.8) is 0 Å². The first-order chi connectivity index (χ1) is 9.55. The first-order valence-electron chi connectivity index (χ1n) is 6.21. The van der Waals surface area contributed by atoms with Crippen LogP contribution in [0.2, 0.25) is 0 Å². The predicted octanol–water partition coefficient (Wildman–Crippen LogP) is 2.58. The number of alkyl halides is 3. The van der Waals surface area contributed by atoms with Crippen molar-refractivity contribution in [1.82, 2.24) is 9.88 Å². The van der Waals surface area contributed by atoms with E-state index in [0.717, 1.165) is 18.3 Å². The fourth-order valence-corrected chi connectivity index (χ4v) is 1.64. The number of aliphatic hydroxyl groups excluding tert-OH is 1. The highest BCUT2D eigenvalue weighted by atomic mass is 19.4. The number of hydrogen-bond donors (Lipinski definition) is 2. The number of anilines is 1. The number of halogens is 3. The third-order valence-corrected chi connectivity index (χ3v) is 2.76. The lowest BCUT2D eigenvalue weighted by Gasteiger charge is -2.28. The van der Waals surface area contributed by atoms with Crippen LogP contribution in [-0.4, -0.2) is 41.2 Å². The van der Waals surface area contributed by atoms with Crippen molar-refractivity contribution in [3.8, 4) is 0 Å². The Labute approximate surface area is 120 Å². The van der Waals surface area contributed by atoms with E-state index in [9.17, 15) is 18.0 Å². The molecule has 1 heterocycles. The summed E-state index contributed by atoms with van der Waals surface area (Å²) in [5.74, 6) is -0.177. The van der Waals surface area contributed by atoms with Gasteiger partial charge in [-0.05, 0) is 12.1 Å². The number of amides is 2. The number of hydrogen-bond acceptors (Lipinski definition) is 3. The van der Waals surface area contributed by atoms with Crippen LogP contribution in [0.3, 0.4) is 0 Å². The van der Waals surface area contributed by atoms with Gasteiger partial charge in [-0.15, -0.1) is 0 Å². The Morgan fingerprint density at radius 3 is 2.57 bits per heavy atom. The summed E-state index contributed by atoms with van der Waals surface area (Å²) in [6.07, 6.45) is -3.51. The van der Waals surface area contributed by atoms with Gasteiger partial charge in [0.1, 0.15) is 5.82 Å². The number of pyridine rings is 1. The van der Waals surface area contributed by atoms with E-state index in [1.165, 1.54) is 11.9 Å². The number of aromatic nitrogens is 1. The van der Waals surface area contributed by atoms with Gasteiger partial charge >= 0.3 is 12.2 Å². The van der Waals surface area contributed by atoms with Crippen LogP contribution in [0.15, 0.2) is 18.3 Å². The van der Waals surface area contributed by atoms with Gasteiger partial charge in [0.25, 0.3) is 0 Å². The molecule has 1 aromatic heterocycles. The normalized spacial score (nSPS) is 12.1. The molecule has 1 aromatic rings. The highest BCUT2D eigenvalue weighted by Gasteiger charge is 2.31. The largest absolute Gasteiger partial charge is 0.416 e. The Morgan fingerprint density at radius 2 is 2.05 bits per heavy atom. The molecule has 0 fully saturated rings. The van der Waals surface area contributed by atoms with Gasteiger partial charge in [0.15, 0.2) is 0 Å². The fourth-order valence-electron chi connectivity index (χ4n) is 1.64. The minimum atomic E-state index is -4.49. The van der Waals surface area contributed by atoms with Crippen LogP contribution in [0.25, 0.3) is 0 Å². The summed E-state index contributed by atoms with van der Waals surface area (Å²) in [6, 6.07) is 1.00. The molecule has 0 aromatic carbocycles. The first-order valence-corrected chi connectivity index (χ1v) is 6.21. The third-order valence-electron chi connectivity index (χ3n) is 2.76. The Balaban J connectivity index is 2.75. The number of rotatable bonds is 4. The summed E-state index contributed by atoms with van der Waals surface area (Å²) in [6.45, 7) is 3.65. The second-order valence-corrected chi connectivity index (χ2v) is 5.54. The average molecular weight is 305 g/mol. The highest BCUT2D eigenvalue weighted by Crippen LogP contribution is 2.29. The zero-order valence-electron chi connectivity index (χ0n) is 12.0. The number of carbonyl (C=O) groups excluding carboxylic acids is 1. The molecule has 1 rings (SSSR count). The van der Waals surface area contributed by atoms with Crippen molar-refractivity contribution >= 4 is 11.8 Å². The molecular weight excluding hydrogens is 287 g/mol. The fraction of sp³-hybridized carbons (Fsp3) is 0.538. The van der Waals surface area contributed by atoms with Crippen LogP contribution in [0.1, 0.15) is 19.4 Å². The molecule has 8 heteroatoms. The summed E-state index contributed by atoms with van der Waals surface area (Å²) in [4.78, 5) is 16.8. The van der Waals surface area contributed by atoms with Gasteiger partial charge in [0.05, 0.1) is 5.56 Å². The number of nitrogens with zero attached hydrogens (tertiary/aromatic N) is 2. The molecule has 118 valence electrons. The lowest BCUT2D eigenvalue weighted by Crippen LogP contribution is -2.40. The van der Waals surface area contributed by atoms with Gasteiger partial charge in [-0.3, -0.25) is 5.32 Å². The maximum absolute atomic E-state index is 12.6. The standard InChI is InChI=1S/C13H18F3N3O2/c1-12(2,8-20)7-19(3)11(21)18-10-6-9(4-5-17-10)13(14,15)16/h4-6,20H,7-8H2,1-3H3,(H,17,18,21). The number of aliphatic hydroxyl groups is 1. The molecule has 21 heavy (non-hydrogen) atoms. The summed E-state index contributed by atoms with van der Waals surface area (Å²) < 4.78 is 37.7. The van der Waals surface area contributed by atoms with Crippen LogP contribution in [-0.2, 0) is 6.18 Å². The van der Waals surface area contributed by atoms with Crippen molar-refractivity contribution in [1.29, 1.82) is 0 Å². The smallest absolute Gasteiger partial charge is 0.396 e. The van der Waals surface area contributed by atoms with Crippen molar-refractivity contribution in [2.24, 2.45) is 5.41 Å². The van der Waals surface area contributed by atoms with Crippen LogP contribution in [0, 0.1) is 5.41 Å². The topological polar surface area (TPSA) is 65.5 Å². The Bertz CT molecular complexity index is 504. The van der Waals surface area contributed by atoms with Crippen LogP contribution < -0.4 is 5.32 Å². The Morgan fingerprint density at radius 1 is 1.43 bits per heavy atom. The van der Waals surface area contributed by atoms with Gasteiger partial charge in [0, 0.05) is 31.8 Å². The minimum Gasteiger partial charge on any atom is -0.396 e. The third kappa shape index (κ3) is 5.22. The van der Waals surface area contributed by atoms with E-state index in [0.29, 0.717) is 0 Å². The average Bonchev–Trinajstić information content (AvgIpc) is 2.37. The number of urea groups is 1. The van der Waals surface area contributed by atoms with E-state index in [-0.39, 0.29) is 19.0 Å². The molecule has 0 unspecified atom stereocenters. The second-order valence-electron chi connectivity index (χ2n) is 5.54. The summed E-state index contributed by atoms with van der Waals surface area (Å²) in [7, 11) is 1.49. The van der Waals surface area contributed by atoms with Crippen LogP contribution in [0.4, 0.5) is 23.8 Å². The summed E-state index contributed by atoms with van der Waals surface area (Å²) in [5.41, 5.74) is -1.39. The van der Waals surface area contributed by atoms with Crippen molar-refractivity contribution in [3.05, 3.63) is 23.9 Å². The summed E-state index contributed by atoms with van der Waals surface area (Å²) >= 11 is 0. The molecule has 0 atom stereocenters. The quantitative estimate of drug-likeness (QED) is 0.898. The Hall–Kier alpha value is -1.83. The van der Waals surface area contributed by atoms with E-state index < -0.39 is 23.2 Å². The SMILES string of the molecule is CN(CC(C)(C)CO)C(=O)Nc1cc(C(F)(F)F)ccn1. The molecule has 0 spiro atoms. The molecule has 0 bridgehead atoms. The molecule has 0 aliphatic rings. The van der Waals surface area contributed by atoms with E-state index >= 15 is 0 Å². The molecule has 0 saturated carbocycles. The maximum Gasteiger partial charge on any atom is 0.416 e. The van der Waals surface area contributed by atoms with Crippen molar-refractivity contribution in [2.45, 2.75) is 20.0 Å². The number of nitrogens with one attached hydrogen (secondary N) is 1. The molecule has 0 aliphatic heterocycles. The van der Waals surface area contributed by atoms with E-state index in [1.807, 2.05) is 0 Å². The highest BCUT2D eigenvalue weighted by molar-refractivity contribution is 5.88. The first kappa shape index (κ1) is 17.2. The molecular formula is C13H18F3N3O2. The Kier molecular flexibility index (Phi) is 5.16. The van der Waals surface area contributed by atoms with Gasteiger partial charge in [-0.25, -0.2) is 9.78 Å². The van der Waals surface area contributed by atoms with Gasteiger partial charge in [-0.2, -0.15) is 13.2 Å². The van der Waals surface area contributed by atoms with Gasteiger partial charge in [-0.1, -0.05) is 13.8 Å². The van der Waals surface area contributed by atoms with Gasteiger partial charge in [0.2, 0.25) is 0 Å². The molecule has 2 N–H and O–H groups in total. The van der Waals surface area contributed by atoms with Crippen LogP contribution >= 0.6 is 0 Å². The number of carbonyl (C=O) groups is 1. The maximum atomic E-state index is 12.6. The van der Waals surface area contributed by atoms with Crippen LogP contribution in [0.5, 0.6) is 0 Å². The van der Waals surface area contributed by atoms with E-state index in [2.05, 4.69) is 10.3 Å². The molecule has 0 radical (unpaired) electrons. The zero-order chi connectivity index (χ0) is 16.3. The second kappa shape index (κ2) is 6.30. The molecule has 2 amide bonds. The van der Waals surface area contributed by atoms with Crippen molar-refractivity contribution < 1.29 is 23.1 Å². The van der Waals surface area contributed by atoms with E-state index in [4.69, 9.17) is 5.11 Å². The lowest BCUT2D eigenvalue weighted by atomic mass is 9.94. The van der Waals surface area contributed by atoms with Crippen molar-refractivity contribution in [2.75, 3.05) is 25.5 Å². The minimum absolute atomic E-state index is 0.119. The molecule has 0 saturated heterocycles. The summed E-state index contributed by atoms with van der Waals surface area (Å²) in [5, 5.41) is 11.4. The molecule has 5 nitrogen and oxygen atoms in total.